The molecule has 0 bridgehead atoms. The normalized spacial score (nSPS) is 12.3. The Morgan fingerprint density at radius 1 is 1.22 bits per heavy atom. The van der Waals surface area contributed by atoms with Gasteiger partial charge in [-0.05, 0) is 36.6 Å². The first kappa shape index (κ1) is 18.4. The molecule has 0 aliphatic heterocycles. The standard InChI is InChI=1S/C18H18FN5O3/c1-9(2)13(16(25)22-11-5-4-7-20-14(11)19)24-17(26)12-10(3)6-8-21-15(12)23-18(24)27/h4-9,13H,1-3H3,(H,22,25)(H,21,23,27)/t13-/m0/s1. The van der Waals surface area contributed by atoms with Gasteiger partial charge < -0.3 is 5.32 Å². The minimum Gasteiger partial charge on any atom is -0.320 e. The Labute approximate surface area is 153 Å². The number of pyridine rings is 2. The van der Waals surface area contributed by atoms with Crippen molar-refractivity contribution in [2.45, 2.75) is 26.8 Å². The monoisotopic (exact) mass is 371 g/mol. The Bertz CT molecular complexity index is 1140. The molecule has 3 heterocycles. The van der Waals surface area contributed by atoms with Gasteiger partial charge in [0.2, 0.25) is 11.9 Å². The zero-order valence-electron chi connectivity index (χ0n) is 15.0. The lowest BCUT2D eigenvalue weighted by atomic mass is 10.0. The number of nitrogens with zero attached hydrogens (tertiary/aromatic N) is 3. The molecular formula is C18H18FN5O3. The Morgan fingerprint density at radius 3 is 2.63 bits per heavy atom. The number of H-pyrrole nitrogens is 1. The quantitative estimate of drug-likeness (QED) is 0.679. The summed E-state index contributed by atoms with van der Waals surface area (Å²) in [6, 6.07) is 3.30. The number of carbonyl (C=O) groups is 1. The van der Waals surface area contributed by atoms with Gasteiger partial charge in [0.1, 0.15) is 11.7 Å². The fraction of sp³-hybridized carbons (Fsp3) is 0.278. The molecule has 8 nitrogen and oxygen atoms in total. The topological polar surface area (TPSA) is 110 Å². The predicted octanol–water partition coefficient (Wildman–Crippen LogP) is 1.76. The first-order valence-corrected chi connectivity index (χ1v) is 8.32. The van der Waals surface area contributed by atoms with Gasteiger partial charge in [0.25, 0.3) is 5.56 Å². The molecule has 3 aromatic heterocycles. The molecule has 0 aliphatic carbocycles. The van der Waals surface area contributed by atoms with Crippen LogP contribution in [0.1, 0.15) is 25.5 Å². The maximum atomic E-state index is 13.8. The van der Waals surface area contributed by atoms with Crippen molar-refractivity contribution in [3.05, 3.63) is 62.9 Å². The summed E-state index contributed by atoms with van der Waals surface area (Å²) in [6.07, 6.45) is 2.73. The van der Waals surface area contributed by atoms with Crippen molar-refractivity contribution in [2.75, 3.05) is 5.32 Å². The SMILES string of the molecule is Cc1ccnc2[nH]c(=O)n([C@H](C(=O)Nc3cccnc3F)C(C)C)c(=O)c12. The number of halogens is 1. The van der Waals surface area contributed by atoms with Crippen LogP contribution in [-0.2, 0) is 4.79 Å². The molecule has 9 heteroatoms. The summed E-state index contributed by atoms with van der Waals surface area (Å²) in [5.74, 6) is -1.96. The van der Waals surface area contributed by atoms with Crippen molar-refractivity contribution in [2.24, 2.45) is 5.92 Å². The summed E-state index contributed by atoms with van der Waals surface area (Å²) in [6.45, 7) is 5.09. The molecule has 1 atom stereocenters. The van der Waals surface area contributed by atoms with E-state index in [9.17, 15) is 18.8 Å². The van der Waals surface area contributed by atoms with Crippen molar-refractivity contribution < 1.29 is 9.18 Å². The Morgan fingerprint density at radius 2 is 1.96 bits per heavy atom. The van der Waals surface area contributed by atoms with Crippen LogP contribution >= 0.6 is 0 Å². The molecule has 140 valence electrons. The molecule has 0 fully saturated rings. The molecular weight excluding hydrogens is 353 g/mol. The van der Waals surface area contributed by atoms with Gasteiger partial charge in [0, 0.05) is 12.4 Å². The van der Waals surface area contributed by atoms with Crippen LogP contribution in [0.4, 0.5) is 10.1 Å². The van der Waals surface area contributed by atoms with Gasteiger partial charge in [-0.2, -0.15) is 4.39 Å². The van der Waals surface area contributed by atoms with Crippen LogP contribution in [-0.4, -0.2) is 25.4 Å². The van der Waals surface area contributed by atoms with E-state index in [1.807, 2.05) is 0 Å². The van der Waals surface area contributed by atoms with Crippen molar-refractivity contribution in [1.29, 1.82) is 0 Å². The van der Waals surface area contributed by atoms with Gasteiger partial charge in [0.15, 0.2) is 0 Å². The average Bonchev–Trinajstić information content (AvgIpc) is 2.59. The third-order valence-electron chi connectivity index (χ3n) is 4.23. The van der Waals surface area contributed by atoms with E-state index >= 15 is 0 Å². The molecule has 0 aliphatic rings. The summed E-state index contributed by atoms with van der Waals surface area (Å²) >= 11 is 0. The number of nitrogens with one attached hydrogen (secondary N) is 2. The molecule has 0 saturated carbocycles. The Kier molecular flexibility index (Phi) is 4.85. The second-order valence-corrected chi connectivity index (χ2v) is 6.48. The lowest BCUT2D eigenvalue weighted by Gasteiger charge is -2.22. The zero-order chi connectivity index (χ0) is 19.7. The second kappa shape index (κ2) is 7.10. The molecule has 0 saturated heterocycles. The van der Waals surface area contributed by atoms with E-state index in [4.69, 9.17) is 0 Å². The van der Waals surface area contributed by atoms with Gasteiger partial charge in [-0.25, -0.2) is 19.3 Å². The van der Waals surface area contributed by atoms with Crippen molar-refractivity contribution in [1.82, 2.24) is 19.5 Å². The number of hydrogen-bond acceptors (Lipinski definition) is 5. The van der Waals surface area contributed by atoms with E-state index < -0.39 is 35.1 Å². The first-order valence-electron chi connectivity index (χ1n) is 8.32. The molecule has 0 aromatic carbocycles. The fourth-order valence-corrected chi connectivity index (χ4v) is 2.95. The molecule has 0 radical (unpaired) electrons. The number of hydrogen-bond donors (Lipinski definition) is 2. The summed E-state index contributed by atoms with van der Waals surface area (Å²) < 4.78 is 14.6. The number of carbonyl (C=O) groups excluding carboxylic acids is 1. The highest BCUT2D eigenvalue weighted by Gasteiger charge is 2.29. The van der Waals surface area contributed by atoms with Crippen LogP contribution < -0.4 is 16.6 Å². The average molecular weight is 371 g/mol. The van der Waals surface area contributed by atoms with Crippen LogP contribution in [0.15, 0.2) is 40.2 Å². The van der Waals surface area contributed by atoms with Crippen LogP contribution in [0.2, 0.25) is 0 Å². The molecule has 1 amide bonds. The lowest BCUT2D eigenvalue weighted by Crippen LogP contribution is -2.45. The molecule has 27 heavy (non-hydrogen) atoms. The van der Waals surface area contributed by atoms with Crippen molar-refractivity contribution in [3.63, 3.8) is 0 Å². The third-order valence-corrected chi connectivity index (χ3v) is 4.23. The Hall–Kier alpha value is -3.36. The van der Waals surface area contributed by atoms with E-state index in [2.05, 4.69) is 20.3 Å². The lowest BCUT2D eigenvalue weighted by molar-refractivity contribution is -0.120. The van der Waals surface area contributed by atoms with Crippen LogP contribution in [0.25, 0.3) is 11.0 Å². The minimum absolute atomic E-state index is 0.128. The van der Waals surface area contributed by atoms with Crippen LogP contribution in [0.5, 0.6) is 0 Å². The number of amides is 1. The number of aromatic amines is 1. The third kappa shape index (κ3) is 3.35. The van der Waals surface area contributed by atoms with E-state index in [0.717, 1.165) is 4.57 Å². The number of rotatable bonds is 4. The van der Waals surface area contributed by atoms with E-state index in [-0.39, 0.29) is 16.7 Å². The van der Waals surface area contributed by atoms with E-state index in [1.54, 1.807) is 26.8 Å². The van der Waals surface area contributed by atoms with E-state index in [0.29, 0.717) is 5.56 Å². The summed E-state index contributed by atoms with van der Waals surface area (Å²) in [5.41, 5.74) is -0.735. The number of aryl methyl sites for hydroxylation is 1. The van der Waals surface area contributed by atoms with Crippen molar-refractivity contribution >= 4 is 22.6 Å². The molecule has 2 N–H and O–H groups in total. The molecule has 0 spiro atoms. The number of fused-ring (bicyclic) bond motifs is 1. The number of aromatic nitrogens is 4. The van der Waals surface area contributed by atoms with Gasteiger partial charge in [-0.15, -0.1) is 0 Å². The highest BCUT2D eigenvalue weighted by atomic mass is 19.1. The van der Waals surface area contributed by atoms with Crippen LogP contribution in [0, 0.1) is 18.8 Å². The maximum absolute atomic E-state index is 13.8. The van der Waals surface area contributed by atoms with Gasteiger partial charge in [-0.3, -0.25) is 14.6 Å². The van der Waals surface area contributed by atoms with Gasteiger partial charge in [0.05, 0.1) is 11.1 Å². The maximum Gasteiger partial charge on any atom is 0.330 e. The zero-order valence-corrected chi connectivity index (χ0v) is 15.0. The molecule has 0 unspecified atom stereocenters. The van der Waals surface area contributed by atoms with Gasteiger partial charge >= 0.3 is 5.69 Å². The second-order valence-electron chi connectivity index (χ2n) is 6.48. The summed E-state index contributed by atoms with van der Waals surface area (Å²) in [7, 11) is 0. The first-order chi connectivity index (χ1) is 12.8. The summed E-state index contributed by atoms with van der Waals surface area (Å²) in [5, 5.41) is 2.63. The largest absolute Gasteiger partial charge is 0.330 e. The van der Waals surface area contributed by atoms with Gasteiger partial charge in [-0.1, -0.05) is 13.8 Å². The molecule has 3 rings (SSSR count). The Balaban J connectivity index is 2.15. The summed E-state index contributed by atoms with van der Waals surface area (Å²) in [4.78, 5) is 48.3. The minimum atomic E-state index is -1.15. The van der Waals surface area contributed by atoms with Crippen LogP contribution in [0.3, 0.4) is 0 Å². The fourth-order valence-electron chi connectivity index (χ4n) is 2.95. The molecule has 3 aromatic rings. The highest BCUT2D eigenvalue weighted by molar-refractivity contribution is 5.94. The van der Waals surface area contributed by atoms with Crippen molar-refractivity contribution in [3.8, 4) is 0 Å². The predicted molar refractivity (Wildman–Crippen MR) is 98.1 cm³/mol. The number of anilines is 1. The van der Waals surface area contributed by atoms with E-state index in [1.165, 1.54) is 24.5 Å². The highest BCUT2D eigenvalue weighted by Crippen LogP contribution is 2.19. The smallest absolute Gasteiger partial charge is 0.320 e.